The maximum absolute atomic E-state index is 11.7. The van der Waals surface area contributed by atoms with Crippen molar-refractivity contribution in [3.63, 3.8) is 0 Å². The van der Waals surface area contributed by atoms with Crippen LogP contribution in [0.3, 0.4) is 0 Å². The van der Waals surface area contributed by atoms with E-state index in [0.29, 0.717) is 4.91 Å². The van der Waals surface area contributed by atoms with Gasteiger partial charge in [-0.2, -0.15) is 0 Å². The van der Waals surface area contributed by atoms with Crippen molar-refractivity contribution in [3.05, 3.63) is 40.3 Å². The Kier molecular flexibility index (Phi) is 4.01. The van der Waals surface area contributed by atoms with E-state index in [-0.39, 0.29) is 10.2 Å². The molecule has 2 rings (SSSR count). The van der Waals surface area contributed by atoms with Gasteiger partial charge in [0.05, 0.1) is 4.91 Å². The minimum atomic E-state index is -1.08. The van der Waals surface area contributed by atoms with Crippen LogP contribution in [0, 0.1) is 6.92 Å². The standard InChI is InChI=1S/C13H11NO3S2/c1-8-2-4-9(5-3-8)6-10-12(18)14(7-11(15)16)13(17)19-10/h2-6H,7H2,1H3,(H,15,16). The first-order valence-corrected chi connectivity index (χ1v) is 6.73. The van der Waals surface area contributed by atoms with Gasteiger partial charge in [-0.15, -0.1) is 0 Å². The van der Waals surface area contributed by atoms with Gasteiger partial charge in [0, 0.05) is 0 Å². The minimum absolute atomic E-state index is 0.276. The van der Waals surface area contributed by atoms with Crippen molar-refractivity contribution in [1.29, 1.82) is 0 Å². The lowest BCUT2D eigenvalue weighted by Crippen LogP contribution is -2.32. The summed E-state index contributed by atoms with van der Waals surface area (Å²) in [6.45, 7) is 1.60. The maximum Gasteiger partial charge on any atom is 0.323 e. The first-order chi connectivity index (χ1) is 8.97. The summed E-state index contributed by atoms with van der Waals surface area (Å²) in [6.07, 6.45) is 1.80. The second-order valence-electron chi connectivity index (χ2n) is 4.07. The molecule has 1 aromatic rings. The van der Waals surface area contributed by atoms with Gasteiger partial charge in [-0.25, -0.2) is 0 Å². The zero-order chi connectivity index (χ0) is 14.0. The van der Waals surface area contributed by atoms with Crippen LogP contribution in [0.2, 0.25) is 0 Å². The number of nitrogens with zero attached hydrogens (tertiary/aromatic N) is 1. The molecule has 1 aliphatic heterocycles. The van der Waals surface area contributed by atoms with Crippen molar-refractivity contribution in [2.75, 3.05) is 6.54 Å². The number of hydrogen-bond acceptors (Lipinski definition) is 4. The van der Waals surface area contributed by atoms with E-state index in [9.17, 15) is 9.59 Å². The largest absolute Gasteiger partial charge is 0.480 e. The van der Waals surface area contributed by atoms with Crippen molar-refractivity contribution < 1.29 is 14.7 Å². The van der Waals surface area contributed by atoms with Gasteiger partial charge in [0.15, 0.2) is 0 Å². The molecule has 98 valence electrons. The molecule has 0 aliphatic carbocycles. The normalized spacial score (nSPS) is 17.3. The third-order valence-corrected chi connectivity index (χ3v) is 4.04. The van der Waals surface area contributed by atoms with Gasteiger partial charge in [0.1, 0.15) is 11.5 Å². The SMILES string of the molecule is Cc1ccc(C=C2SC(=O)N(CC(=O)O)C2=S)cc1. The number of hydrogen-bond donors (Lipinski definition) is 1. The molecule has 0 bridgehead atoms. The van der Waals surface area contributed by atoms with Gasteiger partial charge in [-0.3, -0.25) is 14.5 Å². The Balaban J connectivity index is 2.23. The molecule has 1 aromatic carbocycles. The van der Waals surface area contributed by atoms with Crippen LogP contribution in [0.4, 0.5) is 4.79 Å². The molecule has 0 saturated carbocycles. The summed E-state index contributed by atoms with van der Waals surface area (Å²) in [4.78, 5) is 24.3. The zero-order valence-electron chi connectivity index (χ0n) is 10.1. The average molecular weight is 293 g/mol. The third-order valence-electron chi connectivity index (χ3n) is 2.54. The van der Waals surface area contributed by atoms with E-state index in [1.165, 1.54) is 0 Å². The summed E-state index contributed by atoms with van der Waals surface area (Å²) in [5.74, 6) is -1.08. The van der Waals surface area contributed by atoms with Crippen molar-refractivity contribution >= 4 is 46.3 Å². The number of aryl methyl sites for hydroxylation is 1. The average Bonchev–Trinajstić information content (AvgIpc) is 2.60. The zero-order valence-corrected chi connectivity index (χ0v) is 11.8. The fourth-order valence-electron chi connectivity index (χ4n) is 1.59. The Labute approximate surface area is 120 Å². The summed E-state index contributed by atoms with van der Waals surface area (Å²) >= 11 is 6.10. The molecule has 0 spiro atoms. The van der Waals surface area contributed by atoms with Crippen LogP contribution in [-0.2, 0) is 4.79 Å². The summed E-state index contributed by atoms with van der Waals surface area (Å²) in [7, 11) is 0. The lowest BCUT2D eigenvalue weighted by Gasteiger charge is -2.10. The van der Waals surface area contributed by atoms with E-state index in [1.807, 2.05) is 31.2 Å². The number of amides is 1. The van der Waals surface area contributed by atoms with Gasteiger partial charge < -0.3 is 5.11 Å². The van der Waals surface area contributed by atoms with Gasteiger partial charge in [0.25, 0.3) is 5.24 Å². The first kappa shape index (κ1) is 13.8. The van der Waals surface area contributed by atoms with Crippen molar-refractivity contribution in [2.45, 2.75) is 6.92 Å². The number of aliphatic carboxylic acids is 1. The van der Waals surface area contributed by atoms with Gasteiger partial charge in [-0.1, -0.05) is 42.0 Å². The molecule has 1 N–H and O–H groups in total. The second kappa shape index (κ2) is 5.54. The molecule has 1 aliphatic rings. The highest BCUT2D eigenvalue weighted by atomic mass is 32.2. The van der Waals surface area contributed by atoms with E-state index >= 15 is 0 Å². The maximum atomic E-state index is 11.7. The molecule has 1 saturated heterocycles. The highest BCUT2D eigenvalue weighted by molar-refractivity contribution is 8.19. The van der Waals surface area contributed by atoms with Crippen molar-refractivity contribution in [2.24, 2.45) is 0 Å². The minimum Gasteiger partial charge on any atom is -0.480 e. The molecule has 0 radical (unpaired) electrons. The van der Waals surface area contributed by atoms with Crippen LogP contribution in [0.25, 0.3) is 6.08 Å². The molecule has 0 unspecified atom stereocenters. The number of benzene rings is 1. The highest BCUT2D eigenvalue weighted by Crippen LogP contribution is 2.33. The summed E-state index contributed by atoms with van der Waals surface area (Å²) < 4.78 is 0. The summed E-state index contributed by atoms with van der Waals surface area (Å²) in [6, 6.07) is 7.78. The van der Waals surface area contributed by atoms with Crippen LogP contribution in [0.15, 0.2) is 29.2 Å². The molecule has 0 aromatic heterocycles. The van der Waals surface area contributed by atoms with Crippen LogP contribution < -0.4 is 0 Å². The van der Waals surface area contributed by atoms with Crippen LogP contribution in [-0.4, -0.2) is 32.7 Å². The molecule has 1 fully saturated rings. The van der Waals surface area contributed by atoms with Gasteiger partial charge >= 0.3 is 5.97 Å². The van der Waals surface area contributed by atoms with E-state index in [2.05, 4.69) is 0 Å². The Morgan fingerprint density at radius 3 is 2.63 bits per heavy atom. The fraction of sp³-hybridized carbons (Fsp3) is 0.154. The smallest absolute Gasteiger partial charge is 0.323 e. The number of carbonyl (C=O) groups is 2. The lowest BCUT2D eigenvalue weighted by molar-refractivity contribution is -0.136. The molecule has 6 heteroatoms. The van der Waals surface area contributed by atoms with Gasteiger partial charge in [0.2, 0.25) is 0 Å². The quantitative estimate of drug-likeness (QED) is 0.686. The number of carboxylic acids is 1. The molecule has 1 amide bonds. The Bertz CT molecular complexity index is 578. The lowest BCUT2D eigenvalue weighted by atomic mass is 10.1. The number of carboxylic acid groups (broad SMARTS) is 1. The number of thiocarbonyl (C=S) groups is 1. The molecule has 1 heterocycles. The van der Waals surface area contributed by atoms with Crippen molar-refractivity contribution in [3.8, 4) is 0 Å². The number of thioether (sulfide) groups is 1. The molecule has 0 atom stereocenters. The summed E-state index contributed by atoms with van der Waals surface area (Å²) in [5.41, 5.74) is 2.08. The predicted molar refractivity (Wildman–Crippen MR) is 79.1 cm³/mol. The van der Waals surface area contributed by atoms with Crippen LogP contribution in [0.1, 0.15) is 11.1 Å². The molecular weight excluding hydrogens is 282 g/mol. The third kappa shape index (κ3) is 3.21. The van der Waals surface area contributed by atoms with E-state index in [0.717, 1.165) is 27.8 Å². The Morgan fingerprint density at radius 2 is 2.05 bits per heavy atom. The number of carbonyl (C=O) groups excluding carboxylic acids is 1. The first-order valence-electron chi connectivity index (χ1n) is 5.51. The molecular formula is C13H11NO3S2. The fourth-order valence-corrected chi connectivity index (χ4v) is 2.82. The predicted octanol–water partition coefficient (Wildman–Crippen LogP) is 2.92. The van der Waals surface area contributed by atoms with Crippen LogP contribution in [0.5, 0.6) is 0 Å². The Morgan fingerprint density at radius 1 is 1.42 bits per heavy atom. The summed E-state index contributed by atoms with van der Waals surface area (Å²) in [5, 5.41) is 8.39. The molecule has 4 nitrogen and oxygen atoms in total. The van der Waals surface area contributed by atoms with Crippen molar-refractivity contribution in [1.82, 2.24) is 4.90 Å². The van der Waals surface area contributed by atoms with E-state index in [1.54, 1.807) is 6.08 Å². The molecule has 19 heavy (non-hydrogen) atoms. The van der Waals surface area contributed by atoms with E-state index < -0.39 is 12.5 Å². The topological polar surface area (TPSA) is 57.6 Å². The van der Waals surface area contributed by atoms with Gasteiger partial charge in [-0.05, 0) is 30.3 Å². The second-order valence-corrected chi connectivity index (χ2v) is 5.45. The van der Waals surface area contributed by atoms with Crippen LogP contribution >= 0.6 is 24.0 Å². The monoisotopic (exact) mass is 293 g/mol. The Hall–Kier alpha value is -1.66. The highest BCUT2D eigenvalue weighted by Gasteiger charge is 2.32. The van der Waals surface area contributed by atoms with E-state index in [4.69, 9.17) is 17.3 Å². The number of rotatable bonds is 3.